The molecule has 0 bridgehead atoms. The van der Waals surface area contributed by atoms with Crippen LogP contribution in [0.15, 0.2) is 48.5 Å². The molecule has 2 fully saturated rings. The highest BCUT2D eigenvalue weighted by atomic mass is 16.5. The van der Waals surface area contributed by atoms with Crippen LogP contribution in [-0.4, -0.2) is 41.9 Å². The van der Waals surface area contributed by atoms with Gasteiger partial charge >= 0.3 is 0 Å². The molecule has 0 N–H and O–H groups in total. The van der Waals surface area contributed by atoms with Crippen molar-refractivity contribution >= 4 is 5.91 Å². The van der Waals surface area contributed by atoms with Crippen molar-refractivity contribution < 1.29 is 9.53 Å². The summed E-state index contributed by atoms with van der Waals surface area (Å²) in [4.78, 5) is 19.0. The van der Waals surface area contributed by atoms with Gasteiger partial charge in [0.25, 0.3) is 0 Å². The zero-order valence-corrected chi connectivity index (χ0v) is 25.9. The molecule has 0 atom stereocenters. The number of nitrogens with zero attached hydrogens (tertiary/aromatic N) is 2. The summed E-state index contributed by atoms with van der Waals surface area (Å²) in [6, 6.07) is 17.3. The fraction of sp³-hybridized carbons (Fsp3) is 0.595. The molecule has 1 aliphatic heterocycles. The van der Waals surface area contributed by atoms with E-state index in [0.717, 1.165) is 75.4 Å². The molecule has 4 rings (SSSR count). The number of hydrogen-bond donors (Lipinski definition) is 0. The molecule has 0 spiro atoms. The average Bonchev–Trinajstić information content (AvgIpc) is 3.01. The van der Waals surface area contributed by atoms with Crippen LogP contribution >= 0.6 is 0 Å². The van der Waals surface area contributed by atoms with Crippen LogP contribution in [0, 0.1) is 23.7 Å². The molecule has 0 aromatic heterocycles. The first-order valence-corrected chi connectivity index (χ1v) is 16.3. The predicted molar refractivity (Wildman–Crippen MR) is 170 cm³/mol. The number of ether oxygens (including phenoxy) is 1. The molecule has 222 valence electrons. The number of rotatable bonds is 12. The molecule has 1 heterocycles. The minimum Gasteiger partial charge on any atom is -0.497 e. The molecule has 0 unspecified atom stereocenters. The quantitative estimate of drug-likeness (QED) is 0.195. The molecular weight excluding hydrogens is 504 g/mol. The number of hydrogen-bond acceptors (Lipinski definition) is 3. The van der Waals surface area contributed by atoms with Gasteiger partial charge in [-0.05, 0) is 86.3 Å². The molecule has 1 saturated carbocycles. The van der Waals surface area contributed by atoms with Gasteiger partial charge in [0.15, 0.2) is 0 Å². The monoisotopic (exact) mass is 556 g/mol. The second kappa shape index (κ2) is 16.6. The van der Waals surface area contributed by atoms with Crippen LogP contribution in [-0.2, 0) is 17.9 Å². The second-order valence-electron chi connectivity index (χ2n) is 12.3. The van der Waals surface area contributed by atoms with E-state index in [1.165, 1.54) is 49.7 Å². The highest BCUT2D eigenvalue weighted by Gasteiger charge is 2.34. The number of benzene rings is 2. The molecule has 2 aliphatic rings. The lowest BCUT2D eigenvalue weighted by Gasteiger charge is -2.41. The molecule has 41 heavy (non-hydrogen) atoms. The van der Waals surface area contributed by atoms with Crippen LogP contribution in [0.3, 0.4) is 0 Å². The summed E-state index contributed by atoms with van der Waals surface area (Å²) < 4.78 is 5.32. The zero-order chi connectivity index (χ0) is 28.9. The molecule has 2 aromatic rings. The first-order chi connectivity index (χ1) is 20.1. The minimum atomic E-state index is 0.183. The molecule has 2 aromatic carbocycles. The smallest absolute Gasteiger partial charge is 0.226 e. The molecular formula is C37H52N2O2. The molecule has 4 heteroatoms. The molecule has 0 radical (unpaired) electrons. The van der Waals surface area contributed by atoms with Gasteiger partial charge in [-0.2, -0.15) is 0 Å². The van der Waals surface area contributed by atoms with Gasteiger partial charge in [0.05, 0.1) is 7.11 Å². The van der Waals surface area contributed by atoms with Crippen molar-refractivity contribution in [3.05, 3.63) is 65.2 Å². The summed E-state index contributed by atoms with van der Waals surface area (Å²) in [6.07, 6.45) is 13.9. The first-order valence-electron chi connectivity index (χ1n) is 16.3. The Morgan fingerprint density at radius 3 is 2.37 bits per heavy atom. The Bertz CT molecular complexity index is 1120. The van der Waals surface area contributed by atoms with Crippen LogP contribution in [0.2, 0.25) is 0 Å². The average molecular weight is 557 g/mol. The van der Waals surface area contributed by atoms with Gasteiger partial charge in [-0.3, -0.25) is 9.69 Å². The Labute approximate surface area is 249 Å². The number of carbonyl (C=O) groups is 1. The van der Waals surface area contributed by atoms with E-state index in [1.54, 1.807) is 7.11 Å². The summed E-state index contributed by atoms with van der Waals surface area (Å²) in [5.74, 6) is 8.90. The van der Waals surface area contributed by atoms with Crippen LogP contribution in [0.4, 0.5) is 0 Å². The van der Waals surface area contributed by atoms with Gasteiger partial charge in [0, 0.05) is 50.1 Å². The van der Waals surface area contributed by atoms with E-state index in [0.29, 0.717) is 18.5 Å². The number of amides is 1. The van der Waals surface area contributed by atoms with E-state index in [2.05, 4.69) is 71.9 Å². The summed E-state index contributed by atoms with van der Waals surface area (Å²) in [5, 5.41) is 0. The molecule has 4 nitrogen and oxygen atoms in total. The topological polar surface area (TPSA) is 32.8 Å². The summed E-state index contributed by atoms with van der Waals surface area (Å²) in [5.41, 5.74) is 3.58. The predicted octanol–water partition coefficient (Wildman–Crippen LogP) is 8.23. The van der Waals surface area contributed by atoms with Gasteiger partial charge in [0.2, 0.25) is 5.91 Å². The third kappa shape index (κ3) is 9.64. The zero-order valence-electron chi connectivity index (χ0n) is 25.9. The van der Waals surface area contributed by atoms with E-state index < -0.39 is 0 Å². The Kier molecular flexibility index (Phi) is 12.6. The lowest BCUT2D eigenvalue weighted by Crippen LogP contribution is -2.49. The van der Waals surface area contributed by atoms with Gasteiger partial charge in [0.1, 0.15) is 5.75 Å². The number of piperidine rings is 1. The highest BCUT2D eigenvalue weighted by molar-refractivity contribution is 5.79. The van der Waals surface area contributed by atoms with E-state index in [9.17, 15) is 4.79 Å². The van der Waals surface area contributed by atoms with E-state index in [-0.39, 0.29) is 5.92 Å². The Morgan fingerprint density at radius 2 is 1.68 bits per heavy atom. The van der Waals surface area contributed by atoms with Gasteiger partial charge in [-0.15, -0.1) is 0 Å². The van der Waals surface area contributed by atoms with Crippen LogP contribution in [0.25, 0.3) is 0 Å². The minimum absolute atomic E-state index is 0.183. The van der Waals surface area contributed by atoms with Gasteiger partial charge < -0.3 is 9.64 Å². The lowest BCUT2D eigenvalue weighted by molar-refractivity contribution is -0.141. The van der Waals surface area contributed by atoms with Crippen molar-refractivity contribution in [1.82, 2.24) is 9.80 Å². The van der Waals surface area contributed by atoms with Crippen LogP contribution in [0.5, 0.6) is 5.75 Å². The normalized spacial score (nSPS) is 19.8. The maximum atomic E-state index is 14.2. The first kappa shape index (κ1) is 31.2. The lowest BCUT2D eigenvalue weighted by atomic mass is 9.79. The van der Waals surface area contributed by atoms with Gasteiger partial charge in [-0.25, -0.2) is 0 Å². The third-order valence-electron chi connectivity index (χ3n) is 9.15. The molecule has 1 amide bonds. The SMILES string of the molecule is CCCC#Cc1cccc(CN(C(=O)C2CCC(CCCCC)CC2)C2CCN(Cc3ccc(OC)cc3)CC2)c1. The summed E-state index contributed by atoms with van der Waals surface area (Å²) in [7, 11) is 1.71. The fourth-order valence-electron chi connectivity index (χ4n) is 6.61. The van der Waals surface area contributed by atoms with Crippen molar-refractivity contribution in [3.63, 3.8) is 0 Å². The standard InChI is InChI=1S/C37H52N2O2/c1-4-6-8-11-30-15-19-34(20-16-30)37(40)39(29-33-14-10-13-31(27-33)12-9-7-5-2)35-23-25-38(26-24-35)28-32-17-21-36(41-3)22-18-32/h10,13-14,17-18,21-22,27,30,34-35H,4-8,11,15-16,19-20,23-26,28-29H2,1-3H3. The van der Waals surface area contributed by atoms with Crippen molar-refractivity contribution in [1.29, 1.82) is 0 Å². The third-order valence-corrected chi connectivity index (χ3v) is 9.15. The second-order valence-corrected chi connectivity index (χ2v) is 12.3. The number of methoxy groups -OCH3 is 1. The Morgan fingerprint density at radius 1 is 0.927 bits per heavy atom. The van der Waals surface area contributed by atoms with Crippen LogP contribution in [0.1, 0.15) is 108 Å². The van der Waals surface area contributed by atoms with Gasteiger partial charge in [-0.1, -0.05) is 75.6 Å². The number of likely N-dealkylation sites (tertiary alicyclic amines) is 1. The highest BCUT2D eigenvalue weighted by Crippen LogP contribution is 2.34. The van der Waals surface area contributed by atoms with E-state index in [4.69, 9.17) is 4.74 Å². The summed E-state index contributed by atoms with van der Waals surface area (Å²) >= 11 is 0. The maximum Gasteiger partial charge on any atom is 0.226 e. The van der Waals surface area contributed by atoms with Crippen LogP contribution < -0.4 is 4.74 Å². The fourth-order valence-corrected chi connectivity index (χ4v) is 6.61. The van der Waals surface area contributed by atoms with Crippen molar-refractivity contribution in [2.75, 3.05) is 20.2 Å². The molecule has 1 aliphatic carbocycles. The number of unbranched alkanes of at least 4 members (excludes halogenated alkanes) is 3. The Balaban J connectivity index is 1.41. The Hall–Kier alpha value is -2.77. The summed E-state index contributed by atoms with van der Waals surface area (Å²) in [6.45, 7) is 8.13. The van der Waals surface area contributed by atoms with Crippen molar-refractivity contribution in [2.45, 2.75) is 110 Å². The largest absolute Gasteiger partial charge is 0.497 e. The van der Waals surface area contributed by atoms with E-state index in [1.807, 2.05) is 12.1 Å². The number of carbonyl (C=O) groups excluding carboxylic acids is 1. The van der Waals surface area contributed by atoms with Crippen molar-refractivity contribution in [2.24, 2.45) is 11.8 Å². The van der Waals surface area contributed by atoms with E-state index >= 15 is 0 Å². The molecule has 1 saturated heterocycles. The van der Waals surface area contributed by atoms with Crippen molar-refractivity contribution in [3.8, 4) is 17.6 Å². The maximum absolute atomic E-state index is 14.2.